The van der Waals surface area contributed by atoms with Gasteiger partial charge in [-0.3, -0.25) is 19.4 Å². The Morgan fingerprint density at radius 1 is 0.853 bits per heavy atom. The van der Waals surface area contributed by atoms with Gasteiger partial charge in [-0.25, -0.2) is 0 Å². The average molecular weight is 454 g/mol. The number of para-hydroxylation sites is 1. The predicted octanol–water partition coefficient (Wildman–Crippen LogP) is 4.58. The van der Waals surface area contributed by atoms with E-state index in [0.717, 1.165) is 32.7 Å². The summed E-state index contributed by atoms with van der Waals surface area (Å²) in [5.74, 6) is -0.188. The number of amides is 1. The summed E-state index contributed by atoms with van der Waals surface area (Å²) in [5.41, 5.74) is 2.87. The van der Waals surface area contributed by atoms with E-state index < -0.39 is 0 Å². The zero-order chi connectivity index (χ0) is 23.8. The Kier molecular flexibility index (Phi) is 8.02. The Morgan fingerprint density at radius 2 is 1.47 bits per heavy atom. The minimum absolute atomic E-state index is 0.0919. The second kappa shape index (κ2) is 11.5. The van der Waals surface area contributed by atoms with E-state index in [1.54, 1.807) is 24.3 Å². The number of carbonyl (C=O) groups excluding carboxylic acids is 2. The van der Waals surface area contributed by atoms with Gasteiger partial charge >= 0.3 is 0 Å². The fourth-order valence-corrected chi connectivity index (χ4v) is 4.17. The molecule has 1 saturated heterocycles. The summed E-state index contributed by atoms with van der Waals surface area (Å²) >= 11 is 0. The van der Waals surface area contributed by atoms with Gasteiger partial charge < -0.3 is 5.32 Å². The van der Waals surface area contributed by atoms with Gasteiger partial charge in [0.05, 0.1) is 11.7 Å². The number of nitrogens with one attached hydrogen (secondary N) is 1. The summed E-state index contributed by atoms with van der Waals surface area (Å²) in [6.07, 6.45) is 4.35. The van der Waals surface area contributed by atoms with Crippen molar-refractivity contribution < 1.29 is 9.59 Å². The number of ketones is 1. The van der Waals surface area contributed by atoms with Gasteiger partial charge in [0, 0.05) is 43.9 Å². The molecule has 0 bridgehead atoms. The summed E-state index contributed by atoms with van der Waals surface area (Å²) in [7, 11) is 0. The van der Waals surface area contributed by atoms with Crippen molar-refractivity contribution in [1.29, 1.82) is 0 Å². The van der Waals surface area contributed by atoms with Gasteiger partial charge in [-0.2, -0.15) is 0 Å². The first-order chi connectivity index (χ1) is 16.6. The lowest BCUT2D eigenvalue weighted by molar-refractivity contribution is -0.121. The van der Waals surface area contributed by atoms with Gasteiger partial charge in [-0.05, 0) is 24.6 Å². The highest BCUT2D eigenvalue weighted by atomic mass is 16.2. The standard InChI is InChI=1S/C29H31N3O2/c1-23(32-21-19-31(20-22-32)18-10-13-24-11-4-2-5-12-24)29(34)30-27-17-9-8-16-26(27)28(33)25-14-6-3-7-15-25/h2-17,23H,18-22H2,1H3,(H,30,34). The second-order valence-corrected chi connectivity index (χ2v) is 8.56. The number of rotatable bonds is 8. The number of benzene rings is 3. The fraction of sp³-hybridized carbons (Fsp3) is 0.241. The molecule has 0 saturated carbocycles. The highest BCUT2D eigenvalue weighted by molar-refractivity contribution is 6.14. The van der Waals surface area contributed by atoms with Crippen LogP contribution in [0.3, 0.4) is 0 Å². The van der Waals surface area contributed by atoms with Crippen molar-refractivity contribution in [1.82, 2.24) is 9.80 Å². The molecule has 1 N–H and O–H groups in total. The molecule has 4 rings (SSSR count). The van der Waals surface area contributed by atoms with Gasteiger partial charge in [0.1, 0.15) is 0 Å². The van der Waals surface area contributed by atoms with Gasteiger partial charge in [-0.15, -0.1) is 0 Å². The van der Waals surface area contributed by atoms with E-state index >= 15 is 0 Å². The van der Waals surface area contributed by atoms with Crippen LogP contribution in [0.2, 0.25) is 0 Å². The zero-order valence-electron chi connectivity index (χ0n) is 19.6. The molecule has 3 aromatic rings. The average Bonchev–Trinajstić information content (AvgIpc) is 2.90. The van der Waals surface area contributed by atoms with Crippen LogP contribution in [0, 0.1) is 0 Å². The number of hydrogen-bond donors (Lipinski definition) is 1. The first kappa shape index (κ1) is 23.6. The smallest absolute Gasteiger partial charge is 0.241 e. The molecular formula is C29H31N3O2. The second-order valence-electron chi connectivity index (χ2n) is 8.56. The number of carbonyl (C=O) groups is 2. The van der Waals surface area contributed by atoms with Crippen LogP contribution in [0.25, 0.3) is 6.08 Å². The number of piperazine rings is 1. The molecule has 0 radical (unpaired) electrons. The van der Waals surface area contributed by atoms with Crippen molar-refractivity contribution in [2.24, 2.45) is 0 Å². The summed E-state index contributed by atoms with van der Waals surface area (Å²) in [6.45, 7) is 6.33. The molecule has 1 amide bonds. The Balaban J connectivity index is 1.31. The van der Waals surface area contributed by atoms with E-state index in [1.807, 2.05) is 55.5 Å². The van der Waals surface area contributed by atoms with E-state index in [2.05, 4.69) is 39.4 Å². The van der Waals surface area contributed by atoms with Crippen LogP contribution < -0.4 is 5.32 Å². The van der Waals surface area contributed by atoms with Crippen LogP contribution in [-0.4, -0.2) is 60.3 Å². The van der Waals surface area contributed by atoms with E-state index in [4.69, 9.17) is 0 Å². The van der Waals surface area contributed by atoms with Crippen LogP contribution in [0.1, 0.15) is 28.4 Å². The maximum atomic E-state index is 13.0. The lowest BCUT2D eigenvalue weighted by Crippen LogP contribution is -2.52. The Labute approximate surface area is 201 Å². The number of nitrogens with zero attached hydrogens (tertiary/aromatic N) is 2. The molecule has 1 aliphatic heterocycles. The van der Waals surface area contributed by atoms with Crippen molar-refractivity contribution in [2.45, 2.75) is 13.0 Å². The topological polar surface area (TPSA) is 52.7 Å². The molecule has 5 heteroatoms. The monoisotopic (exact) mass is 453 g/mol. The molecule has 34 heavy (non-hydrogen) atoms. The third-order valence-corrected chi connectivity index (χ3v) is 6.27. The summed E-state index contributed by atoms with van der Waals surface area (Å²) in [6, 6.07) is 26.4. The molecular weight excluding hydrogens is 422 g/mol. The van der Waals surface area contributed by atoms with Gasteiger partial charge in [-0.1, -0.05) is 84.9 Å². The van der Waals surface area contributed by atoms with Gasteiger partial charge in [0.2, 0.25) is 5.91 Å². The van der Waals surface area contributed by atoms with Crippen molar-refractivity contribution in [3.63, 3.8) is 0 Å². The minimum Gasteiger partial charge on any atom is -0.324 e. The lowest BCUT2D eigenvalue weighted by atomic mass is 10.0. The van der Waals surface area contributed by atoms with Crippen LogP contribution in [0.5, 0.6) is 0 Å². The maximum Gasteiger partial charge on any atom is 0.241 e. The molecule has 0 spiro atoms. The van der Waals surface area contributed by atoms with E-state index in [0.29, 0.717) is 16.8 Å². The molecule has 5 nitrogen and oxygen atoms in total. The summed E-state index contributed by atoms with van der Waals surface area (Å²) in [4.78, 5) is 30.6. The highest BCUT2D eigenvalue weighted by Gasteiger charge is 2.26. The number of hydrogen-bond acceptors (Lipinski definition) is 4. The molecule has 174 valence electrons. The molecule has 1 fully saturated rings. The van der Waals surface area contributed by atoms with Crippen LogP contribution >= 0.6 is 0 Å². The van der Waals surface area contributed by atoms with Crippen LogP contribution in [0.4, 0.5) is 5.69 Å². The molecule has 1 aliphatic rings. The van der Waals surface area contributed by atoms with Crippen LogP contribution in [0.15, 0.2) is 91.0 Å². The van der Waals surface area contributed by atoms with Crippen molar-refractivity contribution in [2.75, 3.05) is 38.0 Å². The summed E-state index contributed by atoms with van der Waals surface area (Å²) < 4.78 is 0. The van der Waals surface area contributed by atoms with Gasteiger partial charge in [0.15, 0.2) is 5.78 Å². The van der Waals surface area contributed by atoms with Crippen molar-refractivity contribution in [3.05, 3.63) is 108 Å². The quantitative estimate of drug-likeness (QED) is 0.508. The first-order valence-corrected chi connectivity index (χ1v) is 11.8. The third kappa shape index (κ3) is 6.07. The van der Waals surface area contributed by atoms with E-state index in [1.165, 1.54) is 5.56 Å². The molecule has 0 aliphatic carbocycles. The number of anilines is 1. The first-order valence-electron chi connectivity index (χ1n) is 11.8. The van der Waals surface area contributed by atoms with Crippen LogP contribution in [-0.2, 0) is 4.79 Å². The predicted molar refractivity (Wildman–Crippen MR) is 138 cm³/mol. The Morgan fingerprint density at radius 3 is 2.18 bits per heavy atom. The highest BCUT2D eigenvalue weighted by Crippen LogP contribution is 2.20. The van der Waals surface area contributed by atoms with E-state index in [-0.39, 0.29) is 17.7 Å². The van der Waals surface area contributed by atoms with Gasteiger partial charge in [0.25, 0.3) is 0 Å². The normalized spacial score (nSPS) is 15.8. The lowest BCUT2D eigenvalue weighted by Gasteiger charge is -2.37. The third-order valence-electron chi connectivity index (χ3n) is 6.27. The van der Waals surface area contributed by atoms with Crippen molar-refractivity contribution in [3.8, 4) is 0 Å². The summed E-state index contributed by atoms with van der Waals surface area (Å²) in [5, 5.41) is 3.00. The van der Waals surface area contributed by atoms with Crippen molar-refractivity contribution >= 4 is 23.5 Å². The molecule has 3 aromatic carbocycles. The maximum absolute atomic E-state index is 13.0. The largest absolute Gasteiger partial charge is 0.324 e. The molecule has 1 atom stereocenters. The Bertz CT molecular complexity index is 1120. The van der Waals surface area contributed by atoms with E-state index in [9.17, 15) is 9.59 Å². The molecule has 1 unspecified atom stereocenters. The zero-order valence-corrected chi connectivity index (χ0v) is 19.6. The fourth-order valence-electron chi connectivity index (χ4n) is 4.17. The molecule has 0 aromatic heterocycles. The molecule has 1 heterocycles. The Hall–Kier alpha value is -3.54. The SMILES string of the molecule is CC(C(=O)Nc1ccccc1C(=O)c1ccccc1)N1CCN(CC=Cc2ccccc2)CC1. The minimum atomic E-state index is -0.276.